The molecule has 0 saturated heterocycles. The van der Waals surface area contributed by atoms with Gasteiger partial charge >= 0.3 is 0 Å². The number of alkyl halides is 2. The number of hydrogen-bond acceptors (Lipinski definition) is 4. The van der Waals surface area contributed by atoms with Crippen molar-refractivity contribution in [3.63, 3.8) is 0 Å². The number of pyridine rings is 1. The Hall–Kier alpha value is -2.23. The van der Waals surface area contributed by atoms with Gasteiger partial charge in [-0.2, -0.15) is 5.26 Å². The van der Waals surface area contributed by atoms with Crippen molar-refractivity contribution in [2.45, 2.75) is 32.2 Å². The number of fused-ring (bicyclic) bond motifs is 1. The zero-order valence-electron chi connectivity index (χ0n) is 11.9. The summed E-state index contributed by atoms with van der Waals surface area (Å²) in [6, 6.07) is 1.99. The van der Waals surface area contributed by atoms with Crippen LogP contribution >= 0.6 is 0 Å². The van der Waals surface area contributed by atoms with E-state index in [1.54, 1.807) is 0 Å². The predicted octanol–water partition coefficient (Wildman–Crippen LogP) is 2.11. The second kappa shape index (κ2) is 5.52. The first-order valence-electron chi connectivity index (χ1n) is 7.16. The maximum Gasteiger partial charge on any atom is 0.252 e. The van der Waals surface area contributed by atoms with Gasteiger partial charge in [-0.05, 0) is 12.8 Å². The molecule has 0 atom stereocenters. The van der Waals surface area contributed by atoms with E-state index in [0.29, 0.717) is 23.3 Å². The van der Waals surface area contributed by atoms with Crippen LogP contribution in [-0.4, -0.2) is 35.4 Å². The summed E-state index contributed by atoms with van der Waals surface area (Å²) >= 11 is 0. The number of nitriles is 1. The van der Waals surface area contributed by atoms with Crippen LogP contribution in [-0.2, 0) is 11.3 Å². The third-order valence-corrected chi connectivity index (χ3v) is 4.44. The van der Waals surface area contributed by atoms with Crippen molar-refractivity contribution >= 4 is 5.91 Å². The lowest BCUT2D eigenvalue weighted by Crippen LogP contribution is -2.52. The number of amides is 1. The Balaban J connectivity index is 1.88. The molecule has 116 valence electrons. The number of nitrogens with zero attached hydrogens (tertiary/aromatic N) is 3. The SMILES string of the molecule is N#Cc1cncc2c1OCCN(C(=O)C1(C(F)F)CCC1)C2. The normalized spacial score (nSPS) is 19.5. The molecule has 22 heavy (non-hydrogen) atoms. The van der Waals surface area contributed by atoms with Gasteiger partial charge < -0.3 is 9.64 Å². The van der Waals surface area contributed by atoms with Crippen LogP contribution in [0.2, 0.25) is 0 Å². The van der Waals surface area contributed by atoms with Crippen molar-refractivity contribution in [3.8, 4) is 11.8 Å². The number of aromatic nitrogens is 1. The van der Waals surface area contributed by atoms with Gasteiger partial charge in [0.1, 0.15) is 29.4 Å². The lowest BCUT2D eigenvalue weighted by molar-refractivity contribution is -0.163. The maximum atomic E-state index is 13.3. The molecule has 1 aromatic heterocycles. The van der Waals surface area contributed by atoms with Crippen LogP contribution in [0.25, 0.3) is 0 Å². The van der Waals surface area contributed by atoms with Crippen molar-refractivity contribution in [2.75, 3.05) is 13.2 Å². The number of halogens is 2. The maximum absolute atomic E-state index is 13.3. The molecule has 0 N–H and O–H groups in total. The molecule has 1 fully saturated rings. The predicted molar refractivity (Wildman–Crippen MR) is 72.2 cm³/mol. The lowest BCUT2D eigenvalue weighted by atomic mass is 9.68. The van der Waals surface area contributed by atoms with Crippen molar-refractivity contribution in [1.29, 1.82) is 5.26 Å². The first-order chi connectivity index (χ1) is 10.6. The molecule has 0 bridgehead atoms. The largest absolute Gasteiger partial charge is 0.490 e. The monoisotopic (exact) mass is 307 g/mol. The highest BCUT2D eigenvalue weighted by molar-refractivity contribution is 5.84. The highest BCUT2D eigenvalue weighted by atomic mass is 19.3. The molecule has 0 unspecified atom stereocenters. The third-order valence-electron chi connectivity index (χ3n) is 4.44. The zero-order valence-corrected chi connectivity index (χ0v) is 11.9. The van der Waals surface area contributed by atoms with Gasteiger partial charge in [0.05, 0.1) is 13.1 Å². The van der Waals surface area contributed by atoms with Crippen LogP contribution in [0.3, 0.4) is 0 Å². The minimum absolute atomic E-state index is 0.144. The molecule has 3 rings (SSSR count). The minimum Gasteiger partial charge on any atom is -0.490 e. The van der Waals surface area contributed by atoms with E-state index in [4.69, 9.17) is 10.00 Å². The molecule has 0 aromatic carbocycles. The molecule has 7 heteroatoms. The summed E-state index contributed by atoms with van der Waals surface area (Å²) in [6.07, 6.45) is 1.35. The molecular formula is C15H15F2N3O2. The lowest BCUT2D eigenvalue weighted by Gasteiger charge is -2.42. The van der Waals surface area contributed by atoms with E-state index in [1.165, 1.54) is 17.3 Å². The van der Waals surface area contributed by atoms with E-state index in [1.807, 2.05) is 6.07 Å². The Labute approximate surface area is 126 Å². The minimum atomic E-state index is -2.65. The van der Waals surface area contributed by atoms with Crippen LogP contribution in [0, 0.1) is 16.7 Å². The average Bonchev–Trinajstić information content (AvgIpc) is 2.67. The van der Waals surface area contributed by atoms with Crippen LogP contribution in [0.5, 0.6) is 5.75 Å². The average molecular weight is 307 g/mol. The quantitative estimate of drug-likeness (QED) is 0.839. The summed E-state index contributed by atoms with van der Waals surface area (Å²) in [7, 11) is 0. The fourth-order valence-electron chi connectivity index (χ4n) is 2.97. The molecule has 0 radical (unpaired) electrons. The van der Waals surface area contributed by atoms with E-state index in [2.05, 4.69) is 4.98 Å². The molecule has 1 aliphatic heterocycles. The number of rotatable bonds is 2. The standard InChI is InChI=1S/C15H15F2N3O2/c16-13(17)15(2-1-3-15)14(21)20-4-5-22-12-10(6-18)7-19-8-11(12)9-20/h7-8,13H,1-5,9H2. The van der Waals surface area contributed by atoms with E-state index in [9.17, 15) is 13.6 Å². The Morgan fingerprint density at radius 3 is 2.82 bits per heavy atom. The molecule has 1 aliphatic carbocycles. The van der Waals surface area contributed by atoms with Crippen LogP contribution in [0.1, 0.15) is 30.4 Å². The molecule has 1 aromatic rings. The number of hydrogen-bond donors (Lipinski definition) is 0. The van der Waals surface area contributed by atoms with Gasteiger partial charge in [0.15, 0.2) is 0 Å². The summed E-state index contributed by atoms with van der Waals surface area (Å²) in [5, 5.41) is 9.06. The molecule has 2 aliphatic rings. The second-order valence-electron chi connectivity index (χ2n) is 5.67. The number of ether oxygens (including phenoxy) is 1. The Kier molecular flexibility index (Phi) is 3.69. The van der Waals surface area contributed by atoms with E-state index >= 15 is 0 Å². The van der Waals surface area contributed by atoms with Gasteiger partial charge in [-0.1, -0.05) is 6.42 Å². The number of carbonyl (C=O) groups excluding carboxylic acids is 1. The highest BCUT2D eigenvalue weighted by Crippen LogP contribution is 2.47. The zero-order chi connectivity index (χ0) is 15.7. The Bertz CT molecular complexity index is 638. The third kappa shape index (κ3) is 2.19. The summed E-state index contributed by atoms with van der Waals surface area (Å²) in [5.74, 6) is -0.125. The van der Waals surface area contributed by atoms with Gasteiger partial charge in [-0.25, -0.2) is 8.78 Å². The molecule has 0 spiro atoms. The Morgan fingerprint density at radius 1 is 1.45 bits per heavy atom. The van der Waals surface area contributed by atoms with Crippen molar-refractivity contribution < 1.29 is 18.3 Å². The van der Waals surface area contributed by atoms with E-state index < -0.39 is 17.7 Å². The first kappa shape index (κ1) is 14.7. The molecular weight excluding hydrogens is 292 g/mol. The van der Waals surface area contributed by atoms with E-state index in [0.717, 1.165) is 0 Å². The molecule has 5 nitrogen and oxygen atoms in total. The summed E-state index contributed by atoms with van der Waals surface area (Å²) in [5.41, 5.74) is -0.669. The first-order valence-corrected chi connectivity index (χ1v) is 7.16. The fraction of sp³-hybridized carbons (Fsp3) is 0.533. The van der Waals surface area contributed by atoms with Gasteiger partial charge in [0, 0.05) is 18.0 Å². The van der Waals surface area contributed by atoms with Gasteiger partial charge in [-0.3, -0.25) is 9.78 Å². The summed E-state index contributed by atoms with van der Waals surface area (Å²) in [4.78, 5) is 17.9. The van der Waals surface area contributed by atoms with Crippen LogP contribution in [0.4, 0.5) is 8.78 Å². The molecule has 1 saturated carbocycles. The molecule has 2 heterocycles. The van der Waals surface area contributed by atoms with Crippen molar-refractivity contribution in [2.24, 2.45) is 5.41 Å². The van der Waals surface area contributed by atoms with E-state index in [-0.39, 0.29) is 32.5 Å². The second-order valence-corrected chi connectivity index (χ2v) is 5.67. The van der Waals surface area contributed by atoms with Crippen molar-refractivity contribution in [1.82, 2.24) is 9.88 Å². The highest BCUT2D eigenvalue weighted by Gasteiger charge is 2.53. The van der Waals surface area contributed by atoms with Gasteiger partial charge in [0.2, 0.25) is 5.91 Å². The molecule has 1 amide bonds. The van der Waals surface area contributed by atoms with Crippen molar-refractivity contribution in [3.05, 3.63) is 23.5 Å². The number of carbonyl (C=O) groups is 1. The van der Waals surface area contributed by atoms with Crippen LogP contribution in [0.15, 0.2) is 12.4 Å². The van der Waals surface area contributed by atoms with Gasteiger partial charge in [-0.15, -0.1) is 0 Å². The topological polar surface area (TPSA) is 66.2 Å². The fourth-order valence-corrected chi connectivity index (χ4v) is 2.97. The smallest absolute Gasteiger partial charge is 0.252 e. The summed E-state index contributed by atoms with van der Waals surface area (Å²) in [6.45, 7) is 0.550. The van der Waals surface area contributed by atoms with Gasteiger partial charge in [0.25, 0.3) is 6.43 Å². The summed E-state index contributed by atoms with van der Waals surface area (Å²) < 4.78 is 32.2. The Morgan fingerprint density at radius 2 is 2.23 bits per heavy atom. The van der Waals surface area contributed by atoms with Crippen LogP contribution < -0.4 is 4.74 Å².